The first-order valence-corrected chi connectivity index (χ1v) is 10.3. The number of carbonyl (C=O) groups excluding carboxylic acids is 1. The van der Waals surface area contributed by atoms with E-state index >= 15 is 0 Å². The summed E-state index contributed by atoms with van der Waals surface area (Å²) < 4.78 is 4.28. The first-order valence-electron chi connectivity index (χ1n) is 9.27. The molecule has 1 aliphatic rings. The SMILES string of the molecule is Cc1ccc(C)c(-n2cnnc2SCC(=O)c2cc(C)n(C3CC3)c2C)c1. The molecule has 5 nitrogen and oxygen atoms in total. The molecule has 0 amide bonds. The number of aromatic nitrogens is 4. The Morgan fingerprint density at radius 2 is 1.96 bits per heavy atom. The maximum atomic E-state index is 12.8. The van der Waals surface area contributed by atoms with Crippen LogP contribution in [0.1, 0.15) is 51.8 Å². The van der Waals surface area contributed by atoms with Crippen LogP contribution in [-0.2, 0) is 0 Å². The predicted octanol–water partition coefficient (Wildman–Crippen LogP) is 4.61. The van der Waals surface area contributed by atoms with Crippen molar-refractivity contribution in [2.75, 3.05) is 5.75 Å². The van der Waals surface area contributed by atoms with Crippen molar-refractivity contribution in [2.45, 2.75) is 51.7 Å². The zero-order valence-electron chi connectivity index (χ0n) is 16.2. The average Bonchev–Trinajstić information content (AvgIpc) is 3.27. The van der Waals surface area contributed by atoms with E-state index in [1.165, 1.54) is 35.9 Å². The zero-order valence-corrected chi connectivity index (χ0v) is 17.0. The normalized spacial score (nSPS) is 13.9. The molecular weight excluding hydrogens is 356 g/mol. The molecule has 1 fully saturated rings. The van der Waals surface area contributed by atoms with Crippen molar-refractivity contribution in [2.24, 2.45) is 0 Å². The largest absolute Gasteiger partial charge is 0.345 e. The average molecular weight is 381 g/mol. The number of rotatable bonds is 6. The van der Waals surface area contributed by atoms with Crippen LogP contribution in [0.2, 0.25) is 0 Å². The molecule has 2 heterocycles. The molecule has 0 spiro atoms. The van der Waals surface area contributed by atoms with Crippen molar-refractivity contribution in [3.05, 3.63) is 58.7 Å². The van der Waals surface area contributed by atoms with Crippen LogP contribution in [0.3, 0.4) is 0 Å². The molecule has 0 N–H and O–H groups in total. The molecule has 0 saturated heterocycles. The number of aryl methyl sites for hydroxylation is 3. The van der Waals surface area contributed by atoms with Crippen molar-refractivity contribution >= 4 is 17.5 Å². The van der Waals surface area contributed by atoms with E-state index in [9.17, 15) is 4.79 Å². The van der Waals surface area contributed by atoms with E-state index in [0.717, 1.165) is 27.7 Å². The van der Waals surface area contributed by atoms with Crippen LogP contribution in [0.5, 0.6) is 0 Å². The summed E-state index contributed by atoms with van der Waals surface area (Å²) in [5, 5.41) is 9.04. The molecule has 2 aromatic heterocycles. The van der Waals surface area contributed by atoms with Gasteiger partial charge in [0.15, 0.2) is 10.9 Å². The molecule has 0 atom stereocenters. The van der Waals surface area contributed by atoms with Gasteiger partial charge in [-0.2, -0.15) is 0 Å². The highest BCUT2D eigenvalue weighted by Gasteiger charge is 2.28. The lowest BCUT2D eigenvalue weighted by Crippen LogP contribution is -2.07. The summed E-state index contributed by atoms with van der Waals surface area (Å²) in [6, 6.07) is 8.93. The minimum Gasteiger partial charge on any atom is -0.345 e. The van der Waals surface area contributed by atoms with E-state index in [4.69, 9.17) is 0 Å². The number of benzene rings is 1. The van der Waals surface area contributed by atoms with Crippen molar-refractivity contribution in [3.8, 4) is 5.69 Å². The fraction of sp³-hybridized carbons (Fsp3) is 0.381. The van der Waals surface area contributed by atoms with Crippen LogP contribution in [0.4, 0.5) is 0 Å². The minimum absolute atomic E-state index is 0.149. The van der Waals surface area contributed by atoms with Gasteiger partial charge in [-0.25, -0.2) is 0 Å². The Morgan fingerprint density at radius 3 is 2.70 bits per heavy atom. The predicted molar refractivity (Wildman–Crippen MR) is 108 cm³/mol. The van der Waals surface area contributed by atoms with E-state index in [2.05, 4.69) is 60.7 Å². The van der Waals surface area contributed by atoms with Gasteiger partial charge in [-0.1, -0.05) is 23.9 Å². The summed E-state index contributed by atoms with van der Waals surface area (Å²) >= 11 is 1.44. The molecule has 1 aliphatic carbocycles. The fourth-order valence-electron chi connectivity index (χ4n) is 3.63. The van der Waals surface area contributed by atoms with Gasteiger partial charge in [-0.05, 0) is 63.8 Å². The van der Waals surface area contributed by atoms with Crippen LogP contribution in [-0.4, -0.2) is 30.9 Å². The maximum absolute atomic E-state index is 12.8. The second kappa shape index (κ2) is 7.00. The molecule has 0 radical (unpaired) electrons. The van der Waals surface area contributed by atoms with E-state index in [1.54, 1.807) is 6.33 Å². The third kappa shape index (κ3) is 3.46. The Balaban J connectivity index is 1.53. The molecule has 0 aliphatic heterocycles. The molecule has 6 heteroatoms. The van der Waals surface area contributed by atoms with E-state index < -0.39 is 0 Å². The standard InChI is InChI=1S/C21H24N4OS/c1-13-5-6-14(2)19(9-13)24-12-22-23-21(24)27-11-20(26)18-10-15(3)25(16(18)4)17-7-8-17/h5-6,9-10,12,17H,7-8,11H2,1-4H3. The number of nitrogens with zero attached hydrogens (tertiary/aromatic N) is 4. The van der Waals surface area contributed by atoms with Gasteiger partial charge in [0.05, 0.1) is 11.4 Å². The van der Waals surface area contributed by atoms with Gasteiger partial charge in [0.25, 0.3) is 0 Å². The number of ketones is 1. The van der Waals surface area contributed by atoms with Crippen LogP contribution in [0, 0.1) is 27.7 Å². The Kier molecular flexibility index (Phi) is 4.68. The van der Waals surface area contributed by atoms with Crippen LogP contribution in [0.25, 0.3) is 5.69 Å². The van der Waals surface area contributed by atoms with Gasteiger partial charge in [0, 0.05) is 23.0 Å². The zero-order chi connectivity index (χ0) is 19.1. The number of hydrogen-bond donors (Lipinski definition) is 0. The molecule has 140 valence electrons. The van der Waals surface area contributed by atoms with Crippen molar-refractivity contribution in [3.63, 3.8) is 0 Å². The lowest BCUT2D eigenvalue weighted by atomic mass is 10.1. The molecule has 4 rings (SSSR count). The van der Waals surface area contributed by atoms with Gasteiger partial charge in [-0.3, -0.25) is 9.36 Å². The topological polar surface area (TPSA) is 52.7 Å². The minimum atomic E-state index is 0.149. The number of carbonyl (C=O) groups is 1. The molecule has 1 aromatic carbocycles. The number of thioether (sulfide) groups is 1. The van der Waals surface area contributed by atoms with Crippen LogP contribution >= 0.6 is 11.8 Å². The highest BCUT2D eigenvalue weighted by atomic mass is 32.2. The first-order chi connectivity index (χ1) is 13.0. The summed E-state index contributed by atoms with van der Waals surface area (Å²) in [6.07, 6.45) is 4.16. The van der Waals surface area contributed by atoms with Gasteiger partial charge in [-0.15, -0.1) is 10.2 Å². The molecule has 1 saturated carbocycles. The van der Waals surface area contributed by atoms with Crippen LogP contribution in [0.15, 0.2) is 35.7 Å². The second-order valence-corrected chi connectivity index (χ2v) is 8.31. The van der Waals surface area contributed by atoms with E-state index in [0.29, 0.717) is 11.8 Å². The second-order valence-electron chi connectivity index (χ2n) is 7.37. The smallest absolute Gasteiger partial charge is 0.196 e. The maximum Gasteiger partial charge on any atom is 0.196 e. The Hall–Kier alpha value is -2.34. The summed E-state index contributed by atoms with van der Waals surface area (Å²) in [5.41, 5.74) is 6.51. The van der Waals surface area contributed by atoms with Crippen molar-refractivity contribution in [1.29, 1.82) is 0 Å². The highest BCUT2D eigenvalue weighted by molar-refractivity contribution is 7.99. The summed E-state index contributed by atoms with van der Waals surface area (Å²) in [6.45, 7) is 8.29. The van der Waals surface area contributed by atoms with Gasteiger partial charge >= 0.3 is 0 Å². The van der Waals surface area contributed by atoms with Gasteiger partial charge in [0.1, 0.15) is 6.33 Å². The lowest BCUT2D eigenvalue weighted by Gasteiger charge is -2.10. The van der Waals surface area contributed by atoms with Crippen LogP contribution < -0.4 is 0 Å². The monoisotopic (exact) mass is 380 g/mol. The van der Waals surface area contributed by atoms with Crippen molar-refractivity contribution < 1.29 is 4.79 Å². The van der Waals surface area contributed by atoms with Crippen molar-refractivity contribution in [1.82, 2.24) is 19.3 Å². The summed E-state index contributed by atoms with van der Waals surface area (Å²) in [7, 11) is 0. The number of hydrogen-bond acceptors (Lipinski definition) is 4. The van der Waals surface area contributed by atoms with E-state index in [1.807, 2.05) is 10.6 Å². The summed E-state index contributed by atoms with van der Waals surface area (Å²) in [4.78, 5) is 12.8. The molecule has 0 unspecified atom stereocenters. The van der Waals surface area contributed by atoms with E-state index in [-0.39, 0.29) is 5.78 Å². The first kappa shape index (κ1) is 18.0. The fourth-order valence-corrected chi connectivity index (χ4v) is 4.43. The molecular formula is C21H24N4OS. The third-order valence-electron chi connectivity index (χ3n) is 5.17. The quantitative estimate of drug-likeness (QED) is 0.463. The lowest BCUT2D eigenvalue weighted by molar-refractivity contribution is 0.102. The third-order valence-corrected chi connectivity index (χ3v) is 6.11. The molecule has 3 aromatic rings. The Morgan fingerprint density at radius 1 is 1.19 bits per heavy atom. The molecule has 27 heavy (non-hydrogen) atoms. The Bertz CT molecular complexity index is 1010. The Labute approximate surface area is 163 Å². The van der Waals surface area contributed by atoms with Gasteiger partial charge < -0.3 is 4.57 Å². The summed E-state index contributed by atoms with van der Waals surface area (Å²) in [5.74, 6) is 0.508. The van der Waals surface area contributed by atoms with Gasteiger partial charge in [0.2, 0.25) is 0 Å². The number of Topliss-reactive ketones (excluding diaryl/α,β-unsaturated/α-hetero) is 1. The molecule has 0 bridgehead atoms. The highest BCUT2D eigenvalue weighted by Crippen LogP contribution is 2.38.